The molecule has 1 aromatic heterocycles. The summed E-state index contributed by atoms with van der Waals surface area (Å²) in [6.45, 7) is 2.76. The largest absolute Gasteiger partial charge is 0.488 e. The van der Waals surface area contributed by atoms with Crippen molar-refractivity contribution in [3.63, 3.8) is 0 Å². The first-order chi connectivity index (χ1) is 13.9. The lowest BCUT2D eigenvalue weighted by Crippen LogP contribution is -2.06. The highest BCUT2D eigenvalue weighted by Crippen LogP contribution is 2.29. The number of rotatable bonds is 13. The highest BCUT2D eigenvalue weighted by atomic mass is 16.5. The third-order valence-corrected chi connectivity index (χ3v) is 5.37. The quantitative estimate of drug-likeness (QED) is 0.355. The molecule has 4 heteroatoms. The smallest absolute Gasteiger partial charge is 0.247 e. The summed E-state index contributed by atoms with van der Waals surface area (Å²) in [6.07, 6.45) is 17.7. The van der Waals surface area contributed by atoms with Gasteiger partial charge in [-0.2, -0.15) is 0 Å². The zero-order chi connectivity index (χ0) is 19.4. The van der Waals surface area contributed by atoms with E-state index in [9.17, 15) is 0 Å². The van der Waals surface area contributed by atoms with Crippen LogP contribution in [0.25, 0.3) is 11.6 Å². The summed E-state index contributed by atoms with van der Waals surface area (Å²) in [7, 11) is 0. The van der Waals surface area contributed by atoms with Crippen LogP contribution in [0.3, 0.4) is 0 Å². The Morgan fingerprint density at radius 1 is 0.821 bits per heavy atom. The standard InChI is InChI=1S/C24H34N2O2/c1-2-3-4-5-6-7-8-9-10-11-12-17-23-25-26-24(28-23)21-18-20-15-13-14-16-22(20)27-19-21/h13-16,18H,2-12,17,19H2,1H3. The van der Waals surface area contributed by atoms with Crippen LogP contribution in [0.1, 0.15) is 94.9 Å². The fourth-order valence-corrected chi connectivity index (χ4v) is 3.66. The molecule has 0 atom stereocenters. The molecule has 2 aromatic rings. The lowest BCUT2D eigenvalue weighted by Gasteiger charge is -2.15. The van der Waals surface area contributed by atoms with Crippen molar-refractivity contribution >= 4 is 11.6 Å². The van der Waals surface area contributed by atoms with Gasteiger partial charge in [-0.05, 0) is 18.6 Å². The predicted octanol–water partition coefficient (Wildman–Crippen LogP) is 6.86. The lowest BCUT2D eigenvalue weighted by molar-refractivity contribution is 0.359. The van der Waals surface area contributed by atoms with Gasteiger partial charge in [0.2, 0.25) is 11.8 Å². The minimum atomic E-state index is 0.483. The highest BCUT2D eigenvalue weighted by molar-refractivity contribution is 5.82. The second-order valence-corrected chi connectivity index (χ2v) is 7.78. The summed E-state index contributed by atoms with van der Waals surface area (Å²) in [4.78, 5) is 0. The SMILES string of the molecule is CCCCCCCCCCCCCc1nnc(C2=Cc3ccccc3OC2)o1. The average Bonchev–Trinajstić information content (AvgIpc) is 3.20. The molecule has 0 amide bonds. The Bertz CT molecular complexity index is 736. The molecule has 0 saturated heterocycles. The van der Waals surface area contributed by atoms with Gasteiger partial charge in [-0.15, -0.1) is 10.2 Å². The van der Waals surface area contributed by atoms with Gasteiger partial charge in [0.25, 0.3) is 0 Å². The van der Waals surface area contributed by atoms with E-state index in [0.717, 1.165) is 35.6 Å². The van der Waals surface area contributed by atoms with Gasteiger partial charge < -0.3 is 9.15 Å². The second-order valence-electron chi connectivity index (χ2n) is 7.78. The van der Waals surface area contributed by atoms with Crippen molar-refractivity contribution in [2.45, 2.75) is 84.0 Å². The number of para-hydroxylation sites is 1. The summed E-state index contributed by atoms with van der Waals surface area (Å²) in [6, 6.07) is 8.01. The molecule has 0 saturated carbocycles. The molecule has 1 aliphatic heterocycles. The van der Waals surface area contributed by atoms with Crippen LogP contribution >= 0.6 is 0 Å². The highest BCUT2D eigenvalue weighted by Gasteiger charge is 2.17. The maximum Gasteiger partial charge on any atom is 0.247 e. The minimum absolute atomic E-state index is 0.483. The van der Waals surface area contributed by atoms with Crippen molar-refractivity contribution in [3.05, 3.63) is 41.6 Å². The molecule has 28 heavy (non-hydrogen) atoms. The van der Waals surface area contributed by atoms with Crippen molar-refractivity contribution in [2.75, 3.05) is 6.61 Å². The maximum atomic E-state index is 5.86. The van der Waals surface area contributed by atoms with Crippen LogP contribution in [0.15, 0.2) is 28.7 Å². The number of nitrogens with zero attached hydrogens (tertiary/aromatic N) is 2. The van der Waals surface area contributed by atoms with E-state index >= 15 is 0 Å². The van der Waals surface area contributed by atoms with Crippen LogP contribution in [-0.2, 0) is 6.42 Å². The Hall–Kier alpha value is -2.10. The van der Waals surface area contributed by atoms with E-state index < -0.39 is 0 Å². The second kappa shape index (κ2) is 11.7. The Kier molecular flexibility index (Phi) is 8.60. The van der Waals surface area contributed by atoms with Gasteiger partial charge in [-0.3, -0.25) is 0 Å². The Morgan fingerprint density at radius 3 is 2.25 bits per heavy atom. The number of unbranched alkanes of at least 4 members (excludes halogenated alkanes) is 10. The molecule has 0 radical (unpaired) electrons. The van der Waals surface area contributed by atoms with Gasteiger partial charge in [-0.25, -0.2) is 0 Å². The first-order valence-electron chi connectivity index (χ1n) is 11.1. The molecule has 1 aromatic carbocycles. The molecule has 0 spiro atoms. The van der Waals surface area contributed by atoms with E-state index in [1.54, 1.807) is 0 Å². The molecule has 152 valence electrons. The van der Waals surface area contributed by atoms with Crippen molar-refractivity contribution in [3.8, 4) is 5.75 Å². The number of ether oxygens (including phenoxy) is 1. The summed E-state index contributed by atoms with van der Waals surface area (Å²) in [5, 5.41) is 8.43. The molecule has 0 unspecified atom stereocenters. The Balaban J connectivity index is 1.30. The summed E-state index contributed by atoms with van der Waals surface area (Å²) < 4.78 is 11.6. The Morgan fingerprint density at radius 2 is 1.50 bits per heavy atom. The number of hydrogen-bond acceptors (Lipinski definition) is 4. The predicted molar refractivity (Wildman–Crippen MR) is 114 cm³/mol. The first kappa shape index (κ1) is 20.6. The molecule has 1 aliphatic rings. The molecule has 3 rings (SSSR count). The fourth-order valence-electron chi connectivity index (χ4n) is 3.66. The Labute approximate surface area is 169 Å². The third kappa shape index (κ3) is 6.50. The van der Waals surface area contributed by atoms with E-state index in [1.165, 1.54) is 64.2 Å². The van der Waals surface area contributed by atoms with E-state index in [4.69, 9.17) is 9.15 Å². The first-order valence-corrected chi connectivity index (χ1v) is 11.1. The van der Waals surface area contributed by atoms with Gasteiger partial charge >= 0.3 is 0 Å². The number of hydrogen-bond donors (Lipinski definition) is 0. The normalized spacial score (nSPS) is 13.1. The summed E-state index contributed by atoms with van der Waals surface area (Å²) in [5.74, 6) is 2.24. The zero-order valence-electron chi connectivity index (χ0n) is 17.3. The third-order valence-electron chi connectivity index (χ3n) is 5.37. The molecular formula is C24H34N2O2. The van der Waals surface area contributed by atoms with Crippen LogP contribution < -0.4 is 4.74 Å². The summed E-state index contributed by atoms with van der Waals surface area (Å²) in [5.41, 5.74) is 2.02. The molecule has 2 heterocycles. The van der Waals surface area contributed by atoms with E-state index in [1.807, 2.05) is 24.3 Å². The minimum Gasteiger partial charge on any atom is -0.488 e. The average molecular weight is 383 g/mol. The van der Waals surface area contributed by atoms with Crippen LogP contribution in [0, 0.1) is 0 Å². The van der Waals surface area contributed by atoms with Gasteiger partial charge in [0.05, 0.1) is 5.57 Å². The van der Waals surface area contributed by atoms with E-state index in [-0.39, 0.29) is 0 Å². The molecule has 0 N–H and O–H groups in total. The van der Waals surface area contributed by atoms with E-state index in [2.05, 4.69) is 23.2 Å². The zero-order valence-corrected chi connectivity index (χ0v) is 17.3. The van der Waals surface area contributed by atoms with Crippen molar-refractivity contribution < 1.29 is 9.15 Å². The maximum absolute atomic E-state index is 5.86. The van der Waals surface area contributed by atoms with Crippen LogP contribution in [0.5, 0.6) is 5.75 Å². The van der Waals surface area contributed by atoms with Crippen LogP contribution in [-0.4, -0.2) is 16.8 Å². The van der Waals surface area contributed by atoms with Crippen molar-refractivity contribution in [1.29, 1.82) is 0 Å². The number of benzene rings is 1. The molecule has 0 aliphatic carbocycles. The van der Waals surface area contributed by atoms with Crippen LogP contribution in [0.2, 0.25) is 0 Å². The van der Waals surface area contributed by atoms with E-state index in [0.29, 0.717) is 12.5 Å². The van der Waals surface area contributed by atoms with Crippen molar-refractivity contribution in [2.24, 2.45) is 0 Å². The number of aryl methyl sites for hydroxylation is 1. The summed E-state index contributed by atoms with van der Waals surface area (Å²) >= 11 is 0. The molecular weight excluding hydrogens is 348 g/mol. The lowest BCUT2D eigenvalue weighted by atomic mass is 10.1. The van der Waals surface area contributed by atoms with Gasteiger partial charge in [-0.1, -0.05) is 89.3 Å². The van der Waals surface area contributed by atoms with Crippen molar-refractivity contribution in [1.82, 2.24) is 10.2 Å². The topological polar surface area (TPSA) is 48.2 Å². The number of fused-ring (bicyclic) bond motifs is 1. The molecule has 4 nitrogen and oxygen atoms in total. The molecule has 0 bridgehead atoms. The molecule has 0 fully saturated rings. The van der Waals surface area contributed by atoms with Gasteiger partial charge in [0.1, 0.15) is 12.4 Å². The fraction of sp³-hybridized carbons (Fsp3) is 0.583. The number of aromatic nitrogens is 2. The van der Waals surface area contributed by atoms with Gasteiger partial charge in [0.15, 0.2) is 0 Å². The van der Waals surface area contributed by atoms with Crippen LogP contribution in [0.4, 0.5) is 0 Å². The monoisotopic (exact) mass is 382 g/mol. The van der Waals surface area contributed by atoms with Gasteiger partial charge in [0, 0.05) is 12.0 Å².